The van der Waals surface area contributed by atoms with Crippen LogP contribution in [0.15, 0.2) is 29.2 Å². The molecule has 10 heteroatoms. The molecule has 0 amide bonds. The summed E-state index contributed by atoms with van der Waals surface area (Å²) < 4.78 is 56.7. The van der Waals surface area contributed by atoms with Crippen molar-refractivity contribution in [1.29, 1.82) is 0 Å². The average molecular weight is 449 g/mol. The predicted molar refractivity (Wildman–Crippen MR) is 111 cm³/mol. The first kappa shape index (κ1) is 22.4. The Morgan fingerprint density at radius 3 is 2.48 bits per heavy atom. The number of carbonyl (C=O) groups is 1. The van der Waals surface area contributed by atoms with Gasteiger partial charge in [-0.25, -0.2) is 8.42 Å². The van der Waals surface area contributed by atoms with Crippen LogP contribution in [-0.4, -0.2) is 63.6 Å². The highest BCUT2D eigenvalue weighted by Gasteiger charge is 2.41. The topological polar surface area (TPSA) is 100 Å². The van der Waals surface area contributed by atoms with Gasteiger partial charge in [0.1, 0.15) is 11.8 Å². The Labute approximate surface area is 178 Å². The predicted octanol–water partition coefficient (Wildman–Crippen LogP) is 2.18. The van der Waals surface area contributed by atoms with Crippen molar-refractivity contribution >= 4 is 27.8 Å². The molecule has 1 N–H and O–H groups in total. The van der Waals surface area contributed by atoms with E-state index in [1.54, 1.807) is 27.7 Å². The Morgan fingerprint density at radius 1 is 1.38 bits per heavy atom. The van der Waals surface area contributed by atoms with E-state index in [9.17, 15) is 13.2 Å². The summed E-state index contributed by atoms with van der Waals surface area (Å²) in [6.07, 6.45) is -0.513. The number of hydrogen-bond donors (Lipinski definition) is 1. The molecule has 1 heterocycles. The second kappa shape index (κ2) is 9.22. The van der Waals surface area contributed by atoms with E-state index in [-0.39, 0.29) is 11.5 Å². The van der Waals surface area contributed by atoms with Gasteiger partial charge in [0.25, 0.3) is 0 Å². The third kappa shape index (κ3) is 6.32. The number of hydrogen-bond acceptors (Lipinski definition) is 8. The minimum atomic E-state index is -4.03. The van der Waals surface area contributed by atoms with Crippen LogP contribution in [0.4, 0.5) is 0 Å². The molecular formula is C19H29NO7S2. The maximum Gasteiger partial charge on any atom is 0.325 e. The summed E-state index contributed by atoms with van der Waals surface area (Å²) in [5.74, 6) is -1.03. The van der Waals surface area contributed by atoms with Gasteiger partial charge in [-0.3, -0.25) is 4.79 Å². The second-order valence-electron chi connectivity index (χ2n) is 7.48. The van der Waals surface area contributed by atoms with Crippen molar-refractivity contribution in [1.82, 2.24) is 4.72 Å². The average Bonchev–Trinajstić information content (AvgIpc) is 3.05. The zero-order chi connectivity index (χ0) is 22.7. The van der Waals surface area contributed by atoms with Gasteiger partial charge in [-0.1, -0.05) is 0 Å². The number of nitrogens with one attached hydrogen (secondary N) is 1. The van der Waals surface area contributed by atoms with Crippen LogP contribution >= 0.6 is 11.8 Å². The number of sulfonamides is 1. The molecule has 1 aliphatic heterocycles. The Balaban J connectivity index is 2.21. The summed E-state index contributed by atoms with van der Waals surface area (Å²) >= 11 is 1.11. The monoisotopic (exact) mass is 448 g/mol. The van der Waals surface area contributed by atoms with Gasteiger partial charge in [-0.2, -0.15) is 16.5 Å². The summed E-state index contributed by atoms with van der Waals surface area (Å²) in [4.78, 5) is 12.5. The van der Waals surface area contributed by atoms with E-state index in [2.05, 4.69) is 4.72 Å². The fourth-order valence-corrected chi connectivity index (χ4v) is 5.01. The molecule has 0 radical (unpaired) electrons. The van der Waals surface area contributed by atoms with Gasteiger partial charge in [0.05, 0.1) is 31.8 Å². The molecule has 2 unspecified atom stereocenters. The van der Waals surface area contributed by atoms with Crippen LogP contribution in [0.5, 0.6) is 5.75 Å². The minimum Gasteiger partial charge on any atom is -0.497 e. The normalized spacial score (nSPS) is 21.9. The van der Waals surface area contributed by atoms with Gasteiger partial charge in [0.15, 0.2) is 5.79 Å². The van der Waals surface area contributed by atoms with Crippen molar-refractivity contribution in [3.05, 3.63) is 24.3 Å². The molecule has 1 aromatic carbocycles. The highest BCUT2D eigenvalue weighted by molar-refractivity contribution is 8.00. The number of esters is 1. The Morgan fingerprint density at radius 2 is 2.00 bits per heavy atom. The third-order valence-corrected chi connectivity index (χ3v) is 7.05. The van der Waals surface area contributed by atoms with Gasteiger partial charge < -0.3 is 18.9 Å². The first-order chi connectivity index (χ1) is 13.8. The van der Waals surface area contributed by atoms with Crippen molar-refractivity contribution in [3.8, 4) is 5.75 Å². The van der Waals surface area contributed by atoms with Crippen LogP contribution in [0.25, 0.3) is 0 Å². The van der Waals surface area contributed by atoms with E-state index in [1.807, 2.05) is 0 Å². The van der Waals surface area contributed by atoms with Gasteiger partial charge in [0.2, 0.25) is 10.0 Å². The van der Waals surface area contributed by atoms with Gasteiger partial charge in [-0.15, -0.1) is 0 Å². The lowest BCUT2D eigenvalue weighted by atomic mass is 10.0. The number of thioether (sulfide) groups is 1. The number of benzene rings is 1. The lowest BCUT2D eigenvalue weighted by Gasteiger charge is -2.33. The van der Waals surface area contributed by atoms with Crippen molar-refractivity contribution in [3.63, 3.8) is 0 Å². The zero-order valence-corrected chi connectivity index (χ0v) is 19.1. The van der Waals surface area contributed by atoms with Crippen LogP contribution in [0.3, 0.4) is 0 Å². The molecule has 3 atom stereocenters. The first-order valence-corrected chi connectivity index (χ1v) is 11.3. The largest absolute Gasteiger partial charge is 0.497 e. The second-order valence-corrected chi connectivity index (χ2v) is 10.8. The van der Waals surface area contributed by atoms with Crippen LogP contribution in [-0.2, 0) is 29.0 Å². The van der Waals surface area contributed by atoms with Crippen molar-refractivity contribution in [2.45, 2.75) is 55.3 Å². The van der Waals surface area contributed by atoms with E-state index < -0.39 is 44.4 Å². The van der Waals surface area contributed by atoms with E-state index in [1.165, 1.54) is 38.5 Å². The Kier molecular flexibility index (Phi) is 7.10. The SMILES string of the molecule is [2H]C(SC(C)(C)[C@H](NS(=O)(=O)c1ccc(OC)cc1)C(=O)OC)C1COC(C)(C)O1. The van der Waals surface area contributed by atoms with E-state index in [0.717, 1.165) is 11.8 Å². The molecule has 29 heavy (non-hydrogen) atoms. The van der Waals surface area contributed by atoms with Gasteiger partial charge in [-0.05, 0) is 52.0 Å². The summed E-state index contributed by atoms with van der Waals surface area (Å²) in [7, 11) is -1.37. The molecule has 1 fully saturated rings. The number of rotatable bonds is 9. The van der Waals surface area contributed by atoms with Crippen molar-refractivity contribution in [2.24, 2.45) is 0 Å². The zero-order valence-electron chi connectivity index (χ0n) is 18.4. The summed E-state index contributed by atoms with van der Waals surface area (Å²) in [5, 5.41) is 0. The van der Waals surface area contributed by atoms with Gasteiger partial charge in [0, 0.05) is 11.8 Å². The fraction of sp³-hybridized carbons (Fsp3) is 0.632. The van der Waals surface area contributed by atoms with E-state index in [0.29, 0.717) is 5.75 Å². The van der Waals surface area contributed by atoms with Crippen LogP contribution in [0.2, 0.25) is 0 Å². The summed E-state index contributed by atoms with van der Waals surface area (Å²) in [6.45, 7) is 7.12. The molecule has 0 aliphatic carbocycles. The van der Waals surface area contributed by atoms with Crippen molar-refractivity contribution < 1.29 is 33.5 Å². The molecule has 0 saturated carbocycles. The number of methoxy groups -OCH3 is 2. The Bertz CT molecular complexity index is 843. The summed E-state index contributed by atoms with van der Waals surface area (Å²) in [6, 6.07) is 4.56. The lowest BCUT2D eigenvalue weighted by molar-refractivity contribution is -0.143. The molecule has 0 spiro atoms. The molecule has 0 aromatic heterocycles. The number of carbonyl (C=O) groups excluding carboxylic acids is 1. The molecule has 1 saturated heterocycles. The molecule has 0 bridgehead atoms. The maximum atomic E-state index is 12.9. The van der Waals surface area contributed by atoms with E-state index >= 15 is 0 Å². The van der Waals surface area contributed by atoms with Gasteiger partial charge >= 0.3 is 5.97 Å². The quantitative estimate of drug-likeness (QED) is 0.574. The standard InChI is InChI=1S/C19H29NO7S2/c1-18(2,28-12-14-11-26-19(3,4)27-14)16(17(21)25-6)20-29(22,23)15-9-7-13(24-5)8-10-15/h7-10,14,16,20H,11-12H2,1-6H3/t14?,16-/m1/s1/i12D/t12?,14?,16-. The highest BCUT2D eigenvalue weighted by Crippen LogP contribution is 2.33. The maximum absolute atomic E-state index is 12.9. The molecule has 164 valence electrons. The molecule has 1 aliphatic rings. The van der Waals surface area contributed by atoms with E-state index in [4.69, 9.17) is 20.3 Å². The van der Waals surface area contributed by atoms with Crippen molar-refractivity contribution in [2.75, 3.05) is 26.6 Å². The third-order valence-electron chi connectivity index (χ3n) is 4.33. The molecule has 1 aromatic rings. The molecular weight excluding hydrogens is 418 g/mol. The molecule has 8 nitrogen and oxygen atoms in total. The van der Waals surface area contributed by atoms with Crippen LogP contribution in [0, 0.1) is 0 Å². The smallest absolute Gasteiger partial charge is 0.325 e. The highest BCUT2D eigenvalue weighted by atomic mass is 32.2. The fourth-order valence-electron chi connectivity index (χ4n) is 2.67. The van der Waals surface area contributed by atoms with Crippen LogP contribution in [0.1, 0.15) is 29.1 Å². The van der Waals surface area contributed by atoms with Crippen LogP contribution < -0.4 is 9.46 Å². The summed E-state index contributed by atoms with van der Waals surface area (Å²) in [5.41, 5.74) is -0.806. The molecule has 2 rings (SSSR count). The Hall–Kier alpha value is -1.33. The lowest BCUT2D eigenvalue weighted by Crippen LogP contribution is -2.53. The first-order valence-electron chi connectivity index (χ1n) is 9.55. The number of ether oxygens (including phenoxy) is 4. The minimum absolute atomic E-state index is 0.0188.